The van der Waals surface area contributed by atoms with Gasteiger partial charge in [0.1, 0.15) is 0 Å². The van der Waals surface area contributed by atoms with Crippen molar-refractivity contribution in [2.45, 2.75) is 38.2 Å². The Morgan fingerprint density at radius 2 is 1.84 bits per heavy atom. The number of para-hydroxylation sites is 1. The minimum absolute atomic E-state index is 0.315. The van der Waals surface area contributed by atoms with Crippen molar-refractivity contribution in [2.24, 2.45) is 4.99 Å². The Kier molecular flexibility index (Phi) is 11.0. The zero-order chi connectivity index (χ0) is 21.6. The first-order valence-electron chi connectivity index (χ1n) is 12.0. The van der Waals surface area contributed by atoms with Crippen molar-refractivity contribution in [1.82, 2.24) is 15.5 Å². The number of guanidine groups is 1. The number of aliphatic imine (C=N–C) groups is 1. The molecule has 2 fully saturated rings. The second kappa shape index (κ2) is 14.3. The van der Waals surface area contributed by atoms with Crippen molar-refractivity contribution in [1.29, 1.82) is 0 Å². The maximum atomic E-state index is 5.70. The molecule has 2 saturated heterocycles. The van der Waals surface area contributed by atoms with Crippen LogP contribution >= 0.6 is 0 Å². The summed E-state index contributed by atoms with van der Waals surface area (Å²) < 4.78 is 11.3. The molecule has 0 radical (unpaired) electrons. The maximum Gasteiger partial charge on any atom is 0.190 e. The lowest BCUT2D eigenvalue weighted by Gasteiger charge is -2.36. The summed E-state index contributed by atoms with van der Waals surface area (Å²) in [6.45, 7) is 9.94. The largest absolute Gasteiger partial charge is 0.379 e. The summed E-state index contributed by atoms with van der Waals surface area (Å²) in [5, 5.41) is 6.79. The van der Waals surface area contributed by atoms with Gasteiger partial charge in [0, 0.05) is 65.2 Å². The highest BCUT2D eigenvalue weighted by atomic mass is 16.5. The fourth-order valence-corrected chi connectivity index (χ4v) is 4.13. The molecule has 0 amide bonds. The Bertz CT molecular complexity index is 614. The van der Waals surface area contributed by atoms with Crippen LogP contribution in [0, 0.1) is 0 Å². The normalized spacial score (nSPS) is 20.2. The van der Waals surface area contributed by atoms with Gasteiger partial charge in [0.15, 0.2) is 5.96 Å². The fourth-order valence-electron chi connectivity index (χ4n) is 4.13. The Morgan fingerprint density at radius 3 is 2.55 bits per heavy atom. The molecule has 0 aromatic heterocycles. The molecule has 7 heteroatoms. The molecule has 0 aliphatic carbocycles. The van der Waals surface area contributed by atoms with E-state index in [4.69, 9.17) is 9.47 Å². The molecule has 1 aromatic rings. The third-order valence-electron chi connectivity index (χ3n) is 6.00. The fraction of sp³-hybridized carbons (Fsp3) is 0.708. The zero-order valence-corrected chi connectivity index (χ0v) is 19.2. The molecule has 1 atom stereocenters. The molecule has 1 unspecified atom stereocenters. The lowest BCUT2D eigenvalue weighted by atomic mass is 10.2. The predicted molar refractivity (Wildman–Crippen MR) is 128 cm³/mol. The summed E-state index contributed by atoms with van der Waals surface area (Å²) in [5.41, 5.74) is 1.35. The van der Waals surface area contributed by atoms with Gasteiger partial charge in [0.2, 0.25) is 0 Å². The number of ether oxygens (including phenoxy) is 2. The number of unbranched alkanes of at least 4 members (excludes halogenated alkanes) is 1. The average molecular weight is 432 g/mol. The van der Waals surface area contributed by atoms with Crippen molar-refractivity contribution in [2.75, 3.05) is 77.6 Å². The minimum atomic E-state index is 0.315. The van der Waals surface area contributed by atoms with Crippen LogP contribution in [0.3, 0.4) is 0 Å². The van der Waals surface area contributed by atoms with Gasteiger partial charge < -0.3 is 25.0 Å². The van der Waals surface area contributed by atoms with Gasteiger partial charge in [-0.15, -0.1) is 0 Å². The third-order valence-corrected chi connectivity index (χ3v) is 6.00. The summed E-state index contributed by atoms with van der Waals surface area (Å²) >= 11 is 0. The van der Waals surface area contributed by atoms with E-state index in [2.05, 4.69) is 55.8 Å². The molecule has 1 aromatic carbocycles. The number of nitrogens with zero attached hydrogens (tertiary/aromatic N) is 3. The van der Waals surface area contributed by atoms with Crippen LogP contribution in [0.4, 0.5) is 5.69 Å². The molecule has 2 aliphatic rings. The average Bonchev–Trinajstić information content (AvgIpc) is 3.34. The standard InChI is InChI=1S/C24H41N5O2/c1-25-24(27-13-8-19-30-21-23-11-7-20-31-23)26-12-5-6-14-28-15-17-29(18-16-28)22-9-3-2-4-10-22/h2-4,9-10,23H,5-8,11-21H2,1H3,(H2,25,26,27). The van der Waals surface area contributed by atoms with E-state index in [1.807, 2.05) is 7.05 Å². The third kappa shape index (κ3) is 9.05. The molecule has 0 bridgehead atoms. The van der Waals surface area contributed by atoms with E-state index < -0.39 is 0 Å². The molecule has 3 rings (SSSR count). The van der Waals surface area contributed by atoms with Gasteiger partial charge in [-0.2, -0.15) is 0 Å². The summed E-state index contributed by atoms with van der Waals surface area (Å²) in [7, 11) is 1.83. The first kappa shape index (κ1) is 23.8. The van der Waals surface area contributed by atoms with Crippen LogP contribution in [0.15, 0.2) is 35.3 Å². The van der Waals surface area contributed by atoms with Gasteiger partial charge >= 0.3 is 0 Å². The van der Waals surface area contributed by atoms with E-state index in [1.165, 1.54) is 25.1 Å². The molecule has 2 aliphatic heterocycles. The Hall–Kier alpha value is -1.83. The van der Waals surface area contributed by atoms with E-state index in [0.717, 1.165) is 84.3 Å². The number of nitrogens with one attached hydrogen (secondary N) is 2. The molecule has 174 valence electrons. The number of benzene rings is 1. The van der Waals surface area contributed by atoms with E-state index >= 15 is 0 Å². The lowest BCUT2D eigenvalue weighted by molar-refractivity contribution is 0.0168. The molecule has 7 nitrogen and oxygen atoms in total. The lowest BCUT2D eigenvalue weighted by Crippen LogP contribution is -2.46. The van der Waals surface area contributed by atoms with Gasteiger partial charge in [-0.3, -0.25) is 9.89 Å². The van der Waals surface area contributed by atoms with Crippen molar-refractivity contribution >= 4 is 11.6 Å². The van der Waals surface area contributed by atoms with Crippen LogP contribution in [0.25, 0.3) is 0 Å². The molecule has 0 saturated carbocycles. The second-order valence-electron chi connectivity index (χ2n) is 8.36. The SMILES string of the molecule is CN=C(NCCCCN1CCN(c2ccccc2)CC1)NCCCOCC1CCCO1. The number of hydrogen-bond acceptors (Lipinski definition) is 5. The Morgan fingerprint density at radius 1 is 1.06 bits per heavy atom. The van der Waals surface area contributed by atoms with Crippen molar-refractivity contribution < 1.29 is 9.47 Å². The van der Waals surface area contributed by atoms with Gasteiger partial charge in [0.05, 0.1) is 12.7 Å². The number of hydrogen-bond donors (Lipinski definition) is 2. The number of piperazine rings is 1. The van der Waals surface area contributed by atoms with Gasteiger partial charge in [-0.25, -0.2) is 0 Å². The van der Waals surface area contributed by atoms with Crippen LogP contribution < -0.4 is 15.5 Å². The smallest absolute Gasteiger partial charge is 0.190 e. The molecule has 2 N–H and O–H groups in total. The molecular weight excluding hydrogens is 390 g/mol. The first-order valence-corrected chi connectivity index (χ1v) is 12.0. The Balaban J connectivity index is 1.15. The highest BCUT2D eigenvalue weighted by Gasteiger charge is 2.16. The second-order valence-corrected chi connectivity index (χ2v) is 8.36. The Labute approximate surface area is 188 Å². The number of anilines is 1. The zero-order valence-electron chi connectivity index (χ0n) is 19.2. The van der Waals surface area contributed by atoms with Crippen LogP contribution in [0.5, 0.6) is 0 Å². The molecular formula is C24H41N5O2. The van der Waals surface area contributed by atoms with Crippen molar-refractivity contribution in [3.05, 3.63) is 30.3 Å². The quantitative estimate of drug-likeness (QED) is 0.301. The molecule has 0 spiro atoms. The van der Waals surface area contributed by atoms with Crippen LogP contribution in [-0.2, 0) is 9.47 Å². The van der Waals surface area contributed by atoms with Crippen LogP contribution in [0.2, 0.25) is 0 Å². The minimum Gasteiger partial charge on any atom is -0.379 e. The van der Waals surface area contributed by atoms with E-state index in [1.54, 1.807) is 0 Å². The van der Waals surface area contributed by atoms with Crippen LogP contribution in [0.1, 0.15) is 32.1 Å². The van der Waals surface area contributed by atoms with E-state index in [-0.39, 0.29) is 0 Å². The van der Waals surface area contributed by atoms with E-state index in [9.17, 15) is 0 Å². The molecule has 2 heterocycles. The summed E-state index contributed by atoms with van der Waals surface area (Å²) in [6.07, 6.45) is 5.97. The topological polar surface area (TPSA) is 61.4 Å². The monoisotopic (exact) mass is 431 g/mol. The highest BCUT2D eigenvalue weighted by molar-refractivity contribution is 5.79. The van der Waals surface area contributed by atoms with Gasteiger partial charge in [0.25, 0.3) is 0 Å². The maximum absolute atomic E-state index is 5.70. The first-order chi connectivity index (χ1) is 15.3. The van der Waals surface area contributed by atoms with Crippen molar-refractivity contribution in [3.8, 4) is 0 Å². The summed E-state index contributed by atoms with van der Waals surface area (Å²) in [5.74, 6) is 0.885. The highest BCUT2D eigenvalue weighted by Crippen LogP contribution is 2.15. The molecule has 31 heavy (non-hydrogen) atoms. The van der Waals surface area contributed by atoms with Crippen LogP contribution in [-0.4, -0.2) is 89.6 Å². The number of rotatable bonds is 12. The van der Waals surface area contributed by atoms with Gasteiger partial charge in [-0.05, 0) is 50.8 Å². The summed E-state index contributed by atoms with van der Waals surface area (Å²) in [6, 6.07) is 10.7. The summed E-state index contributed by atoms with van der Waals surface area (Å²) in [4.78, 5) is 9.38. The predicted octanol–water partition coefficient (Wildman–Crippen LogP) is 2.34. The van der Waals surface area contributed by atoms with E-state index in [0.29, 0.717) is 6.10 Å². The van der Waals surface area contributed by atoms with Crippen molar-refractivity contribution in [3.63, 3.8) is 0 Å². The van der Waals surface area contributed by atoms with Gasteiger partial charge in [-0.1, -0.05) is 18.2 Å².